The lowest BCUT2D eigenvalue weighted by Crippen LogP contribution is -2.32. The van der Waals surface area contributed by atoms with Gasteiger partial charge in [0.1, 0.15) is 5.82 Å². The van der Waals surface area contributed by atoms with E-state index in [1.165, 1.54) is 0 Å². The Morgan fingerprint density at radius 1 is 1.26 bits per heavy atom. The lowest BCUT2D eigenvalue weighted by Gasteiger charge is -2.26. The topological polar surface area (TPSA) is 47.8 Å². The van der Waals surface area contributed by atoms with Crippen LogP contribution in [0.5, 0.6) is 0 Å². The van der Waals surface area contributed by atoms with Gasteiger partial charge in [0.25, 0.3) is 5.56 Å². The average Bonchev–Trinajstić information content (AvgIpc) is 2.61. The van der Waals surface area contributed by atoms with E-state index in [4.69, 9.17) is 4.98 Å². The van der Waals surface area contributed by atoms with Gasteiger partial charge < -0.3 is 0 Å². The lowest BCUT2D eigenvalue weighted by molar-refractivity contribution is 0.372. The molecule has 4 heteroatoms. The van der Waals surface area contributed by atoms with Crippen molar-refractivity contribution in [2.24, 2.45) is 0 Å². The third-order valence-corrected chi connectivity index (χ3v) is 4.71. The zero-order valence-corrected chi connectivity index (χ0v) is 13.2. The second-order valence-corrected chi connectivity index (χ2v) is 6.10. The third-order valence-electron chi connectivity index (χ3n) is 4.71. The summed E-state index contributed by atoms with van der Waals surface area (Å²) in [5.41, 5.74) is 2.78. The Hall–Kier alpha value is -2.49. The predicted molar refractivity (Wildman–Crippen MR) is 91.5 cm³/mol. The minimum absolute atomic E-state index is 0.101. The van der Waals surface area contributed by atoms with Gasteiger partial charge in [0.05, 0.1) is 16.6 Å². The number of aryl methyl sites for hydroxylation is 1. The van der Waals surface area contributed by atoms with E-state index < -0.39 is 0 Å². The Balaban J connectivity index is 1.93. The molecule has 23 heavy (non-hydrogen) atoms. The Morgan fingerprint density at radius 2 is 2.17 bits per heavy atom. The maximum atomic E-state index is 12.9. The molecule has 0 radical (unpaired) electrons. The quantitative estimate of drug-likeness (QED) is 0.724. The van der Waals surface area contributed by atoms with Gasteiger partial charge in [-0.1, -0.05) is 19.1 Å². The third kappa shape index (κ3) is 2.34. The van der Waals surface area contributed by atoms with Gasteiger partial charge in [-0.05, 0) is 43.5 Å². The van der Waals surface area contributed by atoms with Gasteiger partial charge in [-0.2, -0.15) is 0 Å². The van der Waals surface area contributed by atoms with Gasteiger partial charge in [0, 0.05) is 24.2 Å². The predicted octanol–water partition coefficient (Wildman–Crippen LogP) is 3.75. The molecule has 0 amide bonds. The number of hydrogen-bond donors (Lipinski definition) is 0. The van der Waals surface area contributed by atoms with Crippen molar-refractivity contribution in [2.75, 3.05) is 0 Å². The summed E-state index contributed by atoms with van der Waals surface area (Å²) in [5.74, 6) is 0.929. The Kier molecular flexibility index (Phi) is 3.45. The Bertz CT molecular complexity index is 915. The van der Waals surface area contributed by atoms with Crippen LogP contribution in [0.3, 0.4) is 0 Å². The number of benzene rings is 1. The fourth-order valence-electron chi connectivity index (χ4n) is 3.50. The second kappa shape index (κ2) is 5.61. The molecule has 4 nitrogen and oxygen atoms in total. The highest BCUT2D eigenvalue weighted by molar-refractivity contribution is 5.83. The van der Waals surface area contributed by atoms with E-state index in [1.54, 1.807) is 6.20 Å². The van der Waals surface area contributed by atoms with Crippen LogP contribution in [0.1, 0.15) is 38.1 Å². The molecule has 1 aromatic carbocycles. The summed E-state index contributed by atoms with van der Waals surface area (Å²) in [4.78, 5) is 22.1. The van der Waals surface area contributed by atoms with E-state index in [0.29, 0.717) is 11.4 Å². The molecule has 0 bridgehead atoms. The molecule has 0 saturated heterocycles. The van der Waals surface area contributed by atoms with Gasteiger partial charge in [-0.15, -0.1) is 0 Å². The molecule has 2 aromatic heterocycles. The average molecular weight is 305 g/mol. The van der Waals surface area contributed by atoms with E-state index in [2.05, 4.69) is 11.9 Å². The number of hydrogen-bond acceptors (Lipinski definition) is 3. The van der Waals surface area contributed by atoms with Crippen molar-refractivity contribution in [3.63, 3.8) is 0 Å². The van der Waals surface area contributed by atoms with Crippen LogP contribution in [0.2, 0.25) is 0 Å². The molecule has 1 atom stereocenters. The van der Waals surface area contributed by atoms with Crippen molar-refractivity contribution in [3.8, 4) is 11.3 Å². The van der Waals surface area contributed by atoms with Crippen LogP contribution in [0.4, 0.5) is 0 Å². The summed E-state index contributed by atoms with van der Waals surface area (Å²) in [7, 11) is 0. The van der Waals surface area contributed by atoms with Gasteiger partial charge in [0.2, 0.25) is 0 Å². The molecule has 1 unspecified atom stereocenters. The minimum Gasteiger partial charge on any atom is -0.293 e. The fraction of sp³-hybridized carbons (Fsp3) is 0.316. The second-order valence-electron chi connectivity index (χ2n) is 6.10. The highest BCUT2D eigenvalue weighted by Crippen LogP contribution is 2.27. The SMILES string of the molecule is CCC1CCCc2nc3cc(-c4ccccn4)ccc3c(=O)n21. The van der Waals surface area contributed by atoms with Crippen molar-refractivity contribution in [2.45, 2.75) is 38.6 Å². The number of aromatic nitrogens is 3. The molecule has 0 fully saturated rings. The first-order valence-corrected chi connectivity index (χ1v) is 8.24. The van der Waals surface area contributed by atoms with Crippen molar-refractivity contribution < 1.29 is 0 Å². The summed E-state index contributed by atoms with van der Waals surface area (Å²) in [6.07, 6.45) is 5.82. The Morgan fingerprint density at radius 3 is 2.96 bits per heavy atom. The first kappa shape index (κ1) is 14.1. The summed E-state index contributed by atoms with van der Waals surface area (Å²) in [6, 6.07) is 12.0. The fourth-order valence-corrected chi connectivity index (χ4v) is 3.50. The maximum Gasteiger partial charge on any atom is 0.261 e. The van der Waals surface area contributed by atoms with E-state index in [1.807, 2.05) is 41.0 Å². The zero-order chi connectivity index (χ0) is 15.8. The van der Waals surface area contributed by atoms with E-state index >= 15 is 0 Å². The van der Waals surface area contributed by atoms with E-state index in [9.17, 15) is 4.79 Å². The van der Waals surface area contributed by atoms with Crippen LogP contribution in [-0.4, -0.2) is 14.5 Å². The summed E-state index contributed by atoms with van der Waals surface area (Å²) >= 11 is 0. The molecule has 0 N–H and O–H groups in total. The first-order valence-electron chi connectivity index (χ1n) is 8.24. The van der Waals surface area contributed by atoms with Crippen LogP contribution in [0.15, 0.2) is 47.4 Å². The highest BCUT2D eigenvalue weighted by Gasteiger charge is 2.22. The minimum atomic E-state index is 0.101. The molecule has 4 rings (SSSR count). The van der Waals surface area contributed by atoms with Gasteiger partial charge in [-0.3, -0.25) is 14.3 Å². The van der Waals surface area contributed by atoms with Crippen LogP contribution in [-0.2, 0) is 6.42 Å². The van der Waals surface area contributed by atoms with Gasteiger partial charge in [-0.25, -0.2) is 4.98 Å². The van der Waals surface area contributed by atoms with Crippen LogP contribution < -0.4 is 5.56 Å². The van der Waals surface area contributed by atoms with Crippen molar-refractivity contribution in [1.82, 2.24) is 14.5 Å². The van der Waals surface area contributed by atoms with Gasteiger partial charge in [0.15, 0.2) is 0 Å². The monoisotopic (exact) mass is 305 g/mol. The molecule has 0 spiro atoms. The molecule has 0 saturated carbocycles. The molecule has 3 aromatic rings. The van der Waals surface area contributed by atoms with Gasteiger partial charge >= 0.3 is 0 Å². The number of pyridine rings is 1. The maximum absolute atomic E-state index is 12.9. The van der Waals surface area contributed by atoms with E-state index in [-0.39, 0.29) is 5.56 Å². The molecule has 3 heterocycles. The normalized spacial score (nSPS) is 17.2. The molecule has 1 aliphatic heterocycles. The standard InChI is InChI=1S/C19H19N3O/c1-2-14-6-5-8-18-21-17-12-13(16-7-3-4-11-20-16)9-10-15(17)19(23)22(14)18/h3-4,7,9-12,14H,2,5-6,8H2,1H3. The molecule has 116 valence electrons. The molecular formula is C19H19N3O. The largest absolute Gasteiger partial charge is 0.293 e. The summed E-state index contributed by atoms with van der Waals surface area (Å²) in [5, 5.41) is 0.703. The van der Waals surface area contributed by atoms with Crippen molar-refractivity contribution >= 4 is 10.9 Å². The van der Waals surface area contributed by atoms with Crippen molar-refractivity contribution in [1.29, 1.82) is 0 Å². The number of nitrogens with zero attached hydrogens (tertiary/aromatic N) is 3. The first-order chi connectivity index (χ1) is 11.3. The zero-order valence-electron chi connectivity index (χ0n) is 13.2. The lowest BCUT2D eigenvalue weighted by atomic mass is 10.0. The molecular weight excluding hydrogens is 286 g/mol. The number of rotatable bonds is 2. The molecule has 1 aliphatic rings. The summed E-state index contributed by atoms with van der Waals surface area (Å²) < 4.78 is 1.92. The number of fused-ring (bicyclic) bond motifs is 2. The molecule has 0 aliphatic carbocycles. The van der Waals surface area contributed by atoms with Crippen LogP contribution >= 0.6 is 0 Å². The Labute approximate surface area is 134 Å². The van der Waals surface area contributed by atoms with Crippen LogP contribution in [0.25, 0.3) is 22.2 Å². The van der Waals surface area contributed by atoms with E-state index in [0.717, 1.165) is 48.3 Å². The smallest absolute Gasteiger partial charge is 0.261 e. The summed E-state index contributed by atoms with van der Waals surface area (Å²) in [6.45, 7) is 2.14. The van der Waals surface area contributed by atoms with Crippen LogP contribution in [0, 0.1) is 0 Å². The highest BCUT2D eigenvalue weighted by atomic mass is 16.1. The van der Waals surface area contributed by atoms with Crippen molar-refractivity contribution in [3.05, 3.63) is 58.8 Å².